The van der Waals surface area contributed by atoms with Crippen molar-refractivity contribution >= 4 is 22.6 Å². The van der Waals surface area contributed by atoms with Crippen molar-refractivity contribution < 1.29 is 4.74 Å². The molecule has 0 N–H and O–H groups in total. The van der Waals surface area contributed by atoms with E-state index >= 15 is 0 Å². The second-order valence-corrected chi connectivity index (χ2v) is 2.83. The first-order valence-electron chi connectivity index (χ1n) is 2.97. The van der Waals surface area contributed by atoms with Crippen LogP contribution in [0.5, 0.6) is 5.88 Å². The third-order valence-electron chi connectivity index (χ3n) is 1.18. The number of rotatable bonds is 2. The number of hydrogen-bond donors (Lipinski definition) is 0. The van der Waals surface area contributed by atoms with E-state index in [1.807, 2.05) is 6.92 Å². The number of aryl methyl sites for hydroxylation is 1. The van der Waals surface area contributed by atoms with Gasteiger partial charge >= 0.3 is 0 Å². The molecule has 1 aromatic rings. The maximum atomic E-state index is 5.07. The molecule has 0 aliphatic carbocycles. The van der Waals surface area contributed by atoms with Crippen molar-refractivity contribution in [3.63, 3.8) is 0 Å². The van der Waals surface area contributed by atoms with Crippen LogP contribution in [0, 0.1) is 9.77 Å². The van der Waals surface area contributed by atoms with Crippen molar-refractivity contribution in [1.29, 1.82) is 0 Å². The first-order valence-corrected chi connectivity index (χ1v) is 4.05. The average Bonchev–Trinajstić information content (AvgIpc) is 2.30. The third kappa shape index (κ3) is 1.25. The summed E-state index contributed by atoms with van der Waals surface area (Å²) in [5.41, 5.74) is 0. The van der Waals surface area contributed by atoms with Crippen LogP contribution in [0.4, 0.5) is 0 Å². The molecule has 10 heavy (non-hydrogen) atoms. The van der Waals surface area contributed by atoms with E-state index in [9.17, 15) is 0 Å². The number of aromatic nitrogens is 2. The van der Waals surface area contributed by atoms with Crippen LogP contribution >= 0.6 is 22.6 Å². The van der Waals surface area contributed by atoms with Crippen molar-refractivity contribution in [3.8, 4) is 5.88 Å². The summed E-state index contributed by atoms with van der Waals surface area (Å²) < 4.78 is 7.77. The van der Waals surface area contributed by atoms with E-state index in [4.69, 9.17) is 4.74 Å². The van der Waals surface area contributed by atoms with Gasteiger partial charge in [-0.2, -0.15) is 5.10 Å². The predicted molar refractivity (Wildman–Crippen MR) is 46.0 cm³/mol. The molecule has 0 aromatic carbocycles. The molecule has 0 saturated heterocycles. The molecule has 1 heterocycles. The lowest BCUT2D eigenvalue weighted by atomic mass is 10.6. The van der Waals surface area contributed by atoms with E-state index in [0.29, 0.717) is 0 Å². The maximum Gasteiger partial charge on any atom is 0.226 e. The Balaban J connectivity index is 3.01. The number of ether oxygens (including phenoxy) is 1. The second kappa shape index (κ2) is 3.23. The van der Waals surface area contributed by atoms with E-state index in [2.05, 4.69) is 33.9 Å². The fraction of sp³-hybridized carbons (Fsp3) is 0.500. The normalized spacial score (nSPS) is 9.90. The third-order valence-corrected chi connectivity index (χ3v) is 1.89. The molecule has 0 aliphatic rings. The van der Waals surface area contributed by atoms with Crippen LogP contribution in [0.1, 0.15) is 6.92 Å². The Morgan fingerprint density at radius 1 is 1.80 bits per heavy atom. The molecule has 0 atom stereocenters. The minimum absolute atomic E-state index is 0.795. The topological polar surface area (TPSA) is 27.1 Å². The Hall–Kier alpha value is -0.260. The Bertz CT molecular complexity index is 222. The summed E-state index contributed by atoms with van der Waals surface area (Å²) in [6.07, 6.45) is 2.81. The van der Waals surface area contributed by atoms with Gasteiger partial charge < -0.3 is 4.74 Å². The zero-order chi connectivity index (χ0) is 7.56. The number of halogens is 1. The van der Waals surface area contributed by atoms with Gasteiger partial charge in [0.25, 0.3) is 0 Å². The molecule has 0 unspecified atom stereocenters. The van der Waals surface area contributed by atoms with E-state index in [1.165, 1.54) is 0 Å². The zero-order valence-corrected chi connectivity index (χ0v) is 8.05. The Morgan fingerprint density at radius 3 is 2.90 bits per heavy atom. The van der Waals surface area contributed by atoms with Gasteiger partial charge in [-0.05, 0) is 29.5 Å². The van der Waals surface area contributed by atoms with Crippen LogP contribution in [0.2, 0.25) is 0 Å². The molecular weight excluding hydrogens is 243 g/mol. The standard InChI is InChI=1S/C6H8IN2O/c1-3-9-6(10-2)5(7)4-8-9/h3H2,1-2H3. The highest BCUT2D eigenvalue weighted by molar-refractivity contribution is 14.1. The lowest BCUT2D eigenvalue weighted by molar-refractivity contribution is 0.361. The summed E-state index contributed by atoms with van der Waals surface area (Å²) in [7, 11) is 1.64. The molecule has 0 aliphatic heterocycles. The molecule has 1 rings (SSSR count). The first-order chi connectivity index (χ1) is 4.79. The van der Waals surface area contributed by atoms with E-state index in [-0.39, 0.29) is 0 Å². The molecule has 55 valence electrons. The smallest absolute Gasteiger partial charge is 0.226 e. The first kappa shape index (κ1) is 7.84. The minimum Gasteiger partial charge on any atom is -0.480 e. The Kier molecular flexibility index (Phi) is 2.53. The van der Waals surface area contributed by atoms with Crippen LogP contribution in [-0.4, -0.2) is 16.9 Å². The molecule has 1 radical (unpaired) electrons. The van der Waals surface area contributed by atoms with Crippen LogP contribution in [0.3, 0.4) is 0 Å². The van der Waals surface area contributed by atoms with Gasteiger partial charge in [0.1, 0.15) is 9.77 Å². The molecule has 4 heteroatoms. The predicted octanol–water partition coefficient (Wildman–Crippen LogP) is 1.32. The van der Waals surface area contributed by atoms with E-state index in [1.54, 1.807) is 11.8 Å². The van der Waals surface area contributed by atoms with Gasteiger partial charge in [0.05, 0.1) is 7.11 Å². The van der Waals surface area contributed by atoms with E-state index < -0.39 is 0 Å². The molecule has 0 spiro atoms. The highest BCUT2D eigenvalue weighted by Crippen LogP contribution is 2.18. The number of hydrogen-bond acceptors (Lipinski definition) is 2. The average molecular weight is 251 g/mol. The molecule has 0 saturated carbocycles. The Labute approximate surface area is 73.5 Å². The van der Waals surface area contributed by atoms with Gasteiger partial charge in [-0.1, -0.05) is 0 Å². The zero-order valence-electron chi connectivity index (χ0n) is 5.89. The van der Waals surface area contributed by atoms with Crippen LogP contribution < -0.4 is 4.74 Å². The highest BCUT2D eigenvalue weighted by atomic mass is 127. The molecule has 3 nitrogen and oxygen atoms in total. The van der Waals surface area contributed by atoms with Gasteiger partial charge in [0.2, 0.25) is 5.88 Å². The van der Waals surface area contributed by atoms with Crippen molar-refractivity contribution in [1.82, 2.24) is 9.78 Å². The quantitative estimate of drug-likeness (QED) is 0.741. The van der Waals surface area contributed by atoms with Gasteiger partial charge in [-0.15, -0.1) is 0 Å². The van der Waals surface area contributed by atoms with E-state index in [0.717, 1.165) is 16.0 Å². The Morgan fingerprint density at radius 2 is 2.50 bits per heavy atom. The SMILES string of the molecule is CCn1n[c]c(I)c1OC. The lowest BCUT2D eigenvalue weighted by Crippen LogP contribution is -1.99. The summed E-state index contributed by atoms with van der Waals surface area (Å²) in [5.74, 6) is 0.795. The van der Waals surface area contributed by atoms with Crippen molar-refractivity contribution in [2.75, 3.05) is 7.11 Å². The summed E-state index contributed by atoms with van der Waals surface area (Å²) >= 11 is 2.14. The van der Waals surface area contributed by atoms with Crippen LogP contribution in [-0.2, 0) is 6.54 Å². The van der Waals surface area contributed by atoms with Gasteiger partial charge in [0.15, 0.2) is 0 Å². The highest BCUT2D eigenvalue weighted by Gasteiger charge is 2.06. The van der Waals surface area contributed by atoms with Gasteiger partial charge in [-0.3, -0.25) is 0 Å². The molecule has 0 fully saturated rings. The fourth-order valence-electron chi connectivity index (χ4n) is 0.720. The second-order valence-electron chi connectivity index (χ2n) is 1.75. The minimum atomic E-state index is 0.795. The maximum absolute atomic E-state index is 5.07. The monoisotopic (exact) mass is 251 g/mol. The summed E-state index contributed by atoms with van der Waals surface area (Å²) in [4.78, 5) is 0. The molecule has 1 aromatic heterocycles. The van der Waals surface area contributed by atoms with Crippen molar-refractivity contribution in [2.45, 2.75) is 13.5 Å². The van der Waals surface area contributed by atoms with Crippen molar-refractivity contribution in [3.05, 3.63) is 9.77 Å². The molecule has 0 amide bonds. The van der Waals surface area contributed by atoms with Crippen molar-refractivity contribution in [2.24, 2.45) is 0 Å². The van der Waals surface area contributed by atoms with Gasteiger partial charge in [-0.25, -0.2) is 4.68 Å². The van der Waals surface area contributed by atoms with Crippen LogP contribution in [0.25, 0.3) is 0 Å². The lowest BCUT2D eigenvalue weighted by Gasteiger charge is -2.01. The fourth-order valence-corrected chi connectivity index (χ4v) is 1.33. The summed E-state index contributed by atoms with van der Waals surface area (Å²) in [5, 5.41) is 3.96. The molecule has 0 bridgehead atoms. The number of nitrogens with zero attached hydrogens (tertiary/aromatic N) is 2. The largest absolute Gasteiger partial charge is 0.480 e. The van der Waals surface area contributed by atoms with Crippen LogP contribution in [0.15, 0.2) is 0 Å². The molecular formula is C6H8IN2O. The summed E-state index contributed by atoms with van der Waals surface area (Å²) in [6.45, 7) is 2.84. The van der Waals surface area contributed by atoms with Gasteiger partial charge in [0, 0.05) is 6.54 Å². The number of methoxy groups -OCH3 is 1. The summed E-state index contributed by atoms with van der Waals surface area (Å²) in [6, 6.07) is 0.